The summed E-state index contributed by atoms with van der Waals surface area (Å²) in [6.45, 7) is 6.72. The molecule has 0 saturated heterocycles. The Bertz CT molecular complexity index is 289. The first-order valence-electron chi connectivity index (χ1n) is 4.83. The number of likely N-dealkylation sites (N-methyl/N-ethyl adjacent to an activating group) is 1. The average Bonchev–Trinajstić information content (AvgIpc) is 2.15. The van der Waals surface area contributed by atoms with E-state index in [2.05, 4.69) is 41.2 Å². The van der Waals surface area contributed by atoms with Crippen molar-refractivity contribution in [2.24, 2.45) is 0 Å². The van der Waals surface area contributed by atoms with Gasteiger partial charge in [0.1, 0.15) is 12.4 Å². The molecule has 0 heterocycles. The Kier molecular flexibility index (Phi) is 4.98. The van der Waals surface area contributed by atoms with E-state index < -0.39 is 0 Å². The summed E-state index contributed by atoms with van der Waals surface area (Å²) in [5.41, 5.74) is 1.23. The molecular weight excluding hydrogens is 242 g/mol. The fraction of sp³-hybridized carbons (Fsp3) is 0.455. The third-order valence-electron chi connectivity index (χ3n) is 1.87. The van der Waals surface area contributed by atoms with Crippen molar-refractivity contribution in [3.63, 3.8) is 0 Å². The molecule has 0 aliphatic carbocycles. The Morgan fingerprint density at radius 1 is 1.43 bits per heavy atom. The molecule has 0 amide bonds. The summed E-state index contributed by atoms with van der Waals surface area (Å²) in [7, 11) is 0. The van der Waals surface area contributed by atoms with Crippen molar-refractivity contribution in [2.75, 3.05) is 19.7 Å². The van der Waals surface area contributed by atoms with Crippen LogP contribution in [-0.4, -0.2) is 19.7 Å². The third kappa shape index (κ3) is 3.68. The first-order valence-corrected chi connectivity index (χ1v) is 5.63. The van der Waals surface area contributed by atoms with E-state index in [0.717, 1.165) is 23.3 Å². The summed E-state index contributed by atoms with van der Waals surface area (Å²) in [5, 5.41) is 3.21. The minimum Gasteiger partial charge on any atom is -0.491 e. The number of hydrogen-bond acceptors (Lipinski definition) is 2. The molecule has 1 aromatic carbocycles. The van der Waals surface area contributed by atoms with E-state index >= 15 is 0 Å². The van der Waals surface area contributed by atoms with Crippen LogP contribution in [0, 0.1) is 6.92 Å². The van der Waals surface area contributed by atoms with Crippen LogP contribution in [0.15, 0.2) is 22.7 Å². The van der Waals surface area contributed by atoms with Gasteiger partial charge < -0.3 is 10.1 Å². The molecule has 1 N–H and O–H groups in total. The quantitative estimate of drug-likeness (QED) is 0.820. The largest absolute Gasteiger partial charge is 0.491 e. The third-order valence-corrected chi connectivity index (χ3v) is 2.49. The van der Waals surface area contributed by atoms with E-state index in [-0.39, 0.29) is 0 Å². The molecular formula is C11H16BrNO. The van der Waals surface area contributed by atoms with Crippen molar-refractivity contribution in [1.82, 2.24) is 5.32 Å². The number of hydrogen-bond donors (Lipinski definition) is 1. The highest BCUT2D eigenvalue weighted by Gasteiger charge is 1.99. The van der Waals surface area contributed by atoms with Crippen molar-refractivity contribution < 1.29 is 4.74 Å². The van der Waals surface area contributed by atoms with Crippen LogP contribution in [-0.2, 0) is 0 Å². The molecule has 14 heavy (non-hydrogen) atoms. The number of aryl methyl sites for hydroxylation is 1. The van der Waals surface area contributed by atoms with E-state index in [4.69, 9.17) is 4.74 Å². The normalized spacial score (nSPS) is 10.2. The highest BCUT2D eigenvalue weighted by molar-refractivity contribution is 9.10. The van der Waals surface area contributed by atoms with Crippen LogP contribution in [0.5, 0.6) is 5.75 Å². The molecule has 0 saturated carbocycles. The molecule has 0 spiro atoms. The fourth-order valence-electron chi connectivity index (χ4n) is 1.13. The molecule has 0 bridgehead atoms. The van der Waals surface area contributed by atoms with Gasteiger partial charge >= 0.3 is 0 Å². The van der Waals surface area contributed by atoms with Crippen molar-refractivity contribution in [3.8, 4) is 5.75 Å². The number of ether oxygens (including phenoxy) is 1. The maximum Gasteiger partial charge on any atom is 0.133 e. The van der Waals surface area contributed by atoms with Crippen molar-refractivity contribution >= 4 is 15.9 Å². The van der Waals surface area contributed by atoms with Gasteiger partial charge in [-0.3, -0.25) is 0 Å². The predicted octanol–water partition coefficient (Wildman–Crippen LogP) is 2.75. The second-order valence-electron chi connectivity index (χ2n) is 3.14. The van der Waals surface area contributed by atoms with Crippen LogP contribution in [0.2, 0.25) is 0 Å². The number of halogens is 1. The van der Waals surface area contributed by atoms with Crippen molar-refractivity contribution in [1.29, 1.82) is 0 Å². The predicted molar refractivity (Wildman–Crippen MR) is 62.9 cm³/mol. The Labute approximate surface area is 93.8 Å². The molecule has 2 nitrogen and oxygen atoms in total. The van der Waals surface area contributed by atoms with Gasteiger partial charge in [0.25, 0.3) is 0 Å². The number of benzene rings is 1. The van der Waals surface area contributed by atoms with Crippen LogP contribution in [0.25, 0.3) is 0 Å². The van der Waals surface area contributed by atoms with Gasteiger partial charge in [0.15, 0.2) is 0 Å². The maximum atomic E-state index is 5.58. The van der Waals surface area contributed by atoms with Gasteiger partial charge in [0.2, 0.25) is 0 Å². The lowest BCUT2D eigenvalue weighted by atomic mass is 10.2. The molecule has 1 rings (SSSR count). The van der Waals surface area contributed by atoms with Crippen LogP contribution in [0.4, 0.5) is 0 Å². The minimum absolute atomic E-state index is 0.704. The second kappa shape index (κ2) is 6.04. The van der Waals surface area contributed by atoms with Gasteiger partial charge in [-0.1, -0.05) is 13.0 Å². The molecule has 0 aliphatic heterocycles. The fourth-order valence-corrected chi connectivity index (χ4v) is 1.74. The van der Waals surface area contributed by atoms with Crippen LogP contribution in [0.1, 0.15) is 12.5 Å². The second-order valence-corrected chi connectivity index (χ2v) is 3.99. The Balaban J connectivity index is 2.42. The lowest BCUT2D eigenvalue weighted by Gasteiger charge is -2.08. The van der Waals surface area contributed by atoms with Gasteiger partial charge in [0, 0.05) is 6.54 Å². The zero-order valence-electron chi connectivity index (χ0n) is 8.64. The van der Waals surface area contributed by atoms with Crippen molar-refractivity contribution in [3.05, 3.63) is 28.2 Å². The van der Waals surface area contributed by atoms with Gasteiger partial charge in [0.05, 0.1) is 4.47 Å². The zero-order chi connectivity index (χ0) is 10.4. The van der Waals surface area contributed by atoms with E-state index in [9.17, 15) is 0 Å². The number of nitrogens with one attached hydrogen (secondary N) is 1. The summed E-state index contributed by atoms with van der Waals surface area (Å²) < 4.78 is 6.61. The molecule has 0 atom stereocenters. The lowest BCUT2D eigenvalue weighted by molar-refractivity contribution is 0.313. The zero-order valence-corrected chi connectivity index (χ0v) is 10.2. The number of rotatable bonds is 5. The lowest BCUT2D eigenvalue weighted by Crippen LogP contribution is -2.20. The summed E-state index contributed by atoms with van der Waals surface area (Å²) in [4.78, 5) is 0. The highest BCUT2D eigenvalue weighted by atomic mass is 79.9. The Hall–Kier alpha value is -0.540. The van der Waals surface area contributed by atoms with Crippen LogP contribution >= 0.6 is 15.9 Å². The first kappa shape index (κ1) is 11.5. The SMILES string of the molecule is CCNCCOc1ccc(C)cc1Br. The molecule has 0 radical (unpaired) electrons. The Morgan fingerprint density at radius 2 is 2.21 bits per heavy atom. The smallest absolute Gasteiger partial charge is 0.133 e. The highest BCUT2D eigenvalue weighted by Crippen LogP contribution is 2.25. The molecule has 78 valence electrons. The molecule has 0 aliphatic rings. The van der Waals surface area contributed by atoms with E-state index in [1.54, 1.807) is 0 Å². The Morgan fingerprint density at radius 3 is 2.86 bits per heavy atom. The molecule has 1 aromatic rings. The van der Waals surface area contributed by atoms with Crippen molar-refractivity contribution in [2.45, 2.75) is 13.8 Å². The standard InChI is InChI=1S/C11H16BrNO/c1-3-13-6-7-14-11-5-4-9(2)8-10(11)12/h4-5,8,13H,3,6-7H2,1-2H3. The summed E-state index contributed by atoms with van der Waals surface area (Å²) in [6, 6.07) is 6.10. The van der Waals surface area contributed by atoms with Gasteiger partial charge in [-0.05, 0) is 47.1 Å². The molecule has 3 heteroatoms. The summed E-state index contributed by atoms with van der Waals surface area (Å²) >= 11 is 3.47. The molecule has 0 aromatic heterocycles. The monoisotopic (exact) mass is 257 g/mol. The van der Waals surface area contributed by atoms with Gasteiger partial charge in [-0.25, -0.2) is 0 Å². The van der Waals surface area contributed by atoms with Crippen LogP contribution in [0.3, 0.4) is 0 Å². The first-order chi connectivity index (χ1) is 6.74. The van der Waals surface area contributed by atoms with E-state index in [1.807, 2.05) is 12.1 Å². The van der Waals surface area contributed by atoms with E-state index in [1.165, 1.54) is 5.56 Å². The van der Waals surface area contributed by atoms with Gasteiger partial charge in [-0.15, -0.1) is 0 Å². The molecule has 0 fully saturated rings. The van der Waals surface area contributed by atoms with Crippen LogP contribution < -0.4 is 10.1 Å². The summed E-state index contributed by atoms with van der Waals surface area (Å²) in [6.07, 6.45) is 0. The van der Waals surface area contributed by atoms with Gasteiger partial charge in [-0.2, -0.15) is 0 Å². The average molecular weight is 258 g/mol. The topological polar surface area (TPSA) is 21.3 Å². The molecule has 0 unspecified atom stereocenters. The minimum atomic E-state index is 0.704. The van der Waals surface area contributed by atoms with E-state index in [0.29, 0.717) is 6.61 Å². The summed E-state index contributed by atoms with van der Waals surface area (Å²) in [5.74, 6) is 0.911. The maximum absolute atomic E-state index is 5.58.